The Morgan fingerprint density at radius 1 is 1.19 bits per heavy atom. The number of nitrogens with one attached hydrogen (secondary N) is 1. The number of esters is 1. The monoisotopic (exact) mass is 327 g/mol. The standard InChI is InChI=1S/C15H12Cl2FNO2/c1-21-15(20)14(13-11(16)6-3-7-12(13)17)19-10-5-2-4-9(18)8-10/h2-8,14,19H,1H3. The van der Waals surface area contributed by atoms with E-state index < -0.39 is 17.8 Å². The summed E-state index contributed by atoms with van der Waals surface area (Å²) in [6, 6.07) is 9.70. The van der Waals surface area contributed by atoms with Gasteiger partial charge in [0.25, 0.3) is 0 Å². The van der Waals surface area contributed by atoms with Gasteiger partial charge >= 0.3 is 5.97 Å². The van der Waals surface area contributed by atoms with Crippen LogP contribution < -0.4 is 5.32 Å². The number of carbonyl (C=O) groups is 1. The molecule has 3 nitrogen and oxygen atoms in total. The van der Waals surface area contributed by atoms with Crippen LogP contribution in [-0.2, 0) is 9.53 Å². The van der Waals surface area contributed by atoms with Crippen LogP contribution in [0.15, 0.2) is 42.5 Å². The van der Waals surface area contributed by atoms with Crippen LogP contribution in [0.1, 0.15) is 11.6 Å². The zero-order chi connectivity index (χ0) is 15.4. The van der Waals surface area contributed by atoms with Crippen LogP contribution in [0, 0.1) is 5.82 Å². The van der Waals surface area contributed by atoms with Gasteiger partial charge in [0.1, 0.15) is 5.82 Å². The summed E-state index contributed by atoms with van der Waals surface area (Å²) in [5.41, 5.74) is 0.804. The number of hydrogen-bond donors (Lipinski definition) is 1. The van der Waals surface area contributed by atoms with Gasteiger partial charge in [0, 0.05) is 21.3 Å². The lowest BCUT2D eigenvalue weighted by atomic mass is 10.1. The molecule has 0 bridgehead atoms. The van der Waals surface area contributed by atoms with Crippen molar-refractivity contribution >= 4 is 34.9 Å². The largest absolute Gasteiger partial charge is 0.467 e. The predicted molar refractivity (Wildman–Crippen MR) is 81.2 cm³/mol. The zero-order valence-corrected chi connectivity index (χ0v) is 12.6. The van der Waals surface area contributed by atoms with Gasteiger partial charge in [-0.3, -0.25) is 0 Å². The molecule has 2 aromatic carbocycles. The third-order valence-electron chi connectivity index (χ3n) is 2.86. The lowest BCUT2D eigenvalue weighted by Crippen LogP contribution is -2.23. The molecule has 0 aliphatic rings. The number of hydrogen-bond acceptors (Lipinski definition) is 3. The van der Waals surface area contributed by atoms with Crippen molar-refractivity contribution in [2.75, 3.05) is 12.4 Å². The second kappa shape index (κ2) is 6.78. The fraction of sp³-hybridized carbons (Fsp3) is 0.133. The Morgan fingerprint density at radius 2 is 1.81 bits per heavy atom. The van der Waals surface area contributed by atoms with E-state index in [4.69, 9.17) is 27.9 Å². The van der Waals surface area contributed by atoms with Gasteiger partial charge in [-0.05, 0) is 30.3 Å². The molecule has 2 rings (SSSR count). The first-order valence-electron chi connectivity index (χ1n) is 6.06. The molecule has 0 radical (unpaired) electrons. The summed E-state index contributed by atoms with van der Waals surface area (Å²) < 4.78 is 18.0. The molecular weight excluding hydrogens is 316 g/mol. The van der Waals surface area contributed by atoms with Crippen LogP contribution in [0.3, 0.4) is 0 Å². The van der Waals surface area contributed by atoms with E-state index in [2.05, 4.69) is 5.32 Å². The zero-order valence-electron chi connectivity index (χ0n) is 11.1. The summed E-state index contributed by atoms with van der Waals surface area (Å²) in [6.45, 7) is 0. The quantitative estimate of drug-likeness (QED) is 0.842. The normalized spacial score (nSPS) is 11.8. The Labute approximate surface area is 131 Å². The molecular formula is C15H12Cl2FNO2. The fourth-order valence-electron chi connectivity index (χ4n) is 1.90. The Balaban J connectivity index is 2.42. The maximum Gasteiger partial charge on any atom is 0.333 e. The first-order chi connectivity index (χ1) is 10.0. The van der Waals surface area contributed by atoms with E-state index >= 15 is 0 Å². The molecule has 6 heteroatoms. The second-order valence-corrected chi connectivity index (χ2v) is 5.06. The van der Waals surface area contributed by atoms with Gasteiger partial charge in [-0.25, -0.2) is 9.18 Å². The van der Waals surface area contributed by atoms with Gasteiger partial charge < -0.3 is 10.1 Å². The van der Waals surface area contributed by atoms with E-state index in [9.17, 15) is 9.18 Å². The summed E-state index contributed by atoms with van der Waals surface area (Å²) in [4.78, 5) is 12.0. The van der Waals surface area contributed by atoms with E-state index in [0.717, 1.165) is 0 Å². The van der Waals surface area contributed by atoms with E-state index in [-0.39, 0.29) is 0 Å². The van der Waals surface area contributed by atoms with E-state index in [1.165, 1.54) is 25.3 Å². The van der Waals surface area contributed by atoms with Crippen molar-refractivity contribution in [1.29, 1.82) is 0 Å². The highest BCUT2D eigenvalue weighted by atomic mass is 35.5. The van der Waals surface area contributed by atoms with Crippen LogP contribution in [0.5, 0.6) is 0 Å². The van der Waals surface area contributed by atoms with Crippen molar-refractivity contribution < 1.29 is 13.9 Å². The SMILES string of the molecule is COC(=O)C(Nc1cccc(F)c1)c1c(Cl)cccc1Cl. The molecule has 0 aliphatic carbocycles. The van der Waals surface area contributed by atoms with Gasteiger partial charge in [-0.1, -0.05) is 35.3 Å². The topological polar surface area (TPSA) is 38.3 Å². The van der Waals surface area contributed by atoms with Gasteiger partial charge in [-0.2, -0.15) is 0 Å². The lowest BCUT2D eigenvalue weighted by Gasteiger charge is -2.20. The number of carbonyl (C=O) groups excluding carboxylic acids is 1. The molecule has 0 saturated heterocycles. The van der Waals surface area contributed by atoms with E-state index in [0.29, 0.717) is 21.3 Å². The molecule has 0 amide bonds. The van der Waals surface area contributed by atoms with Crippen molar-refractivity contribution in [3.8, 4) is 0 Å². The van der Waals surface area contributed by atoms with Gasteiger partial charge in [0.2, 0.25) is 0 Å². The van der Waals surface area contributed by atoms with Gasteiger partial charge in [0.15, 0.2) is 6.04 Å². The first-order valence-corrected chi connectivity index (χ1v) is 6.82. The van der Waals surface area contributed by atoms with Crippen LogP contribution in [0.25, 0.3) is 0 Å². The molecule has 0 fully saturated rings. The molecule has 0 spiro atoms. The first kappa shape index (κ1) is 15.6. The van der Waals surface area contributed by atoms with Crippen LogP contribution in [0.2, 0.25) is 10.0 Å². The number of anilines is 1. The number of methoxy groups -OCH3 is 1. The molecule has 2 aromatic rings. The third-order valence-corrected chi connectivity index (χ3v) is 3.52. The van der Waals surface area contributed by atoms with E-state index in [1.807, 2.05) is 0 Å². The average Bonchev–Trinajstić information content (AvgIpc) is 2.45. The molecule has 21 heavy (non-hydrogen) atoms. The van der Waals surface area contributed by atoms with Crippen LogP contribution in [0.4, 0.5) is 10.1 Å². The molecule has 0 aliphatic heterocycles. The number of ether oxygens (including phenoxy) is 1. The predicted octanol–water partition coefficient (Wildman–Crippen LogP) is 4.46. The molecule has 110 valence electrons. The van der Waals surface area contributed by atoms with Crippen molar-refractivity contribution in [2.24, 2.45) is 0 Å². The van der Waals surface area contributed by atoms with Crippen molar-refractivity contribution in [2.45, 2.75) is 6.04 Å². The molecule has 1 N–H and O–H groups in total. The van der Waals surface area contributed by atoms with Crippen molar-refractivity contribution in [1.82, 2.24) is 0 Å². The third kappa shape index (κ3) is 3.65. The van der Waals surface area contributed by atoms with Gasteiger partial charge in [-0.15, -0.1) is 0 Å². The molecule has 1 unspecified atom stereocenters. The summed E-state index contributed by atoms with van der Waals surface area (Å²) in [6.07, 6.45) is 0. The maximum absolute atomic E-state index is 13.3. The lowest BCUT2D eigenvalue weighted by molar-refractivity contribution is -0.141. The summed E-state index contributed by atoms with van der Waals surface area (Å²) in [5.74, 6) is -0.997. The van der Waals surface area contributed by atoms with Crippen molar-refractivity contribution in [3.63, 3.8) is 0 Å². The maximum atomic E-state index is 13.3. The fourth-order valence-corrected chi connectivity index (χ4v) is 2.51. The summed E-state index contributed by atoms with van der Waals surface area (Å²) in [7, 11) is 1.26. The minimum atomic E-state index is -0.932. The minimum Gasteiger partial charge on any atom is -0.467 e. The number of halogens is 3. The Bertz CT molecular complexity index is 644. The highest BCUT2D eigenvalue weighted by Gasteiger charge is 2.26. The van der Waals surface area contributed by atoms with Crippen LogP contribution in [-0.4, -0.2) is 13.1 Å². The van der Waals surface area contributed by atoms with Crippen molar-refractivity contribution in [3.05, 3.63) is 63.9 Å². The molecule has 0 heterocycles. The summed E-state index contributed by atoms with van der Waals surface area (Å²) in [5, 5.41) is 3.53. The number of benzene rings is 2. The smallest absolute Gasteiger partial charge is 0.333 e. The average molecular weight is 328 g/mol. The minimum absolute atomic E-state index is 0.321. The molecule has 0 saturated carbocycles. The Hall–Kier alpha value is -1.78. The Kier molecular flexibility index (Phi) is 5.04. The summed E-state index contributed by atoms with van der Waals surface area (Å²) >= 11 is 12.2. The van der Waals surface area contributed by atoms with E-state index in [1.54, 1.807) is 24.3 Å². The molecule has 0 aromatic heterocycles. The number of rotatable bonds is 4. The highest BCUT2D eigenvalue weighted by molar-refractivity contribution is 6.36. The van der Waals surface area contributed by atoms with Crippen LogP contribution >= 0.6 is 23.2 Å². The highest BCUT2D eigenvalue weighted by Crippen LogP contribution is 2.33. The Morgan fingerprint density at radius 3 is 2.38 bits per heavy atom. The van der Waals surface area contributed by atoms with Gasteiger partial charge in [0.05, 0.1) is 7.11 Å². The second-order valence-electron chi connectivity index (χ2n) is 4.25. The molecule has 1 atom stereocenters.